The van der Waals surface area contributed by atoms with Gasteiger partial charge in [-0.05, 0) is 23.8 Å². The summed E-state index contributed by atoms with van der Waals surface area (Å²) in [6.45, 7) is 0. The van der Waals surface area contributed by atoms with Crippen molar-refractivity contribution in [2.75, 3.05) is 0 Å². The van der Waals surface area contributed by atoms with Gasteiger partial charge in [0.05, 0.1) is 5.69 Å². The van der Waals surface area contributed by atoms with Gasteiger partial charge >= 0.3 is 0 Å². The highest BCUT2D eigenvalue weighted by Gasteiger charge is 2.15. The summed E-state index contributed by atoms with van der Waals surface area (Å²) in [5.41, 5.74) is 9.65. The SMILES string of the molecule is NC(=S)c1[nH]c2ccc(Cl)cc2c1-c1ccccc1. The molecule has 3 aromatic rings. The van der Waals surface area contributed by atoms with Crippen LogP contribution in [0.2, 0.25) is 5.02 Å². The Morgan fingerprint density at radius 2 is 1.84 bits per heavy atom. The molecule has 0 amide bonds. The lowest BCUT2D eigenvalue weighted by Crippen LogP contribution is -2.10. The Labute approximate surface area is 121 Å². The summed E-state index contributed by atoms with van der Waals surface area (Å²) in [6, 6.07) is 15.7. The third-order valence-corrected chi connectivity index (χ3v) is 3.51. The van der Waals surface area contributed by atoms with E-state index < -0.39 is 0 Å². The van der Waals surface area contributed by atoms with Crippen LogP contribution >= 0.6 is 23.8 Å². The van der Waals surface area contributed by atoms with Gasteiger partial charge < -0.3 is 10.7 Å². The molecule has 19 heavy (non-hydrogen) atoms. The van der Waals surface area contributed by atoms with Gasteiger partial charge in [-0.2, -0.15) is 0 Å². The molecule has 2 aromatic carbocycles. The van der Waals surface area contributed by atoms with E-state index in [4.69, 9.17) is 29.6 Å². The molecular weight excluding hydrogens is 276 g/mol. The molecule has 3 N–H and O–H groups in total. The molecule has 0 bridgehead atoms. The van der Waals surface area contributed by atoms with Crippen molar-refractivity contribution in [1.82, 2.24) is 4.98 Å². The van der Waals surface area contributed by atoms with Crippen LogP contribution in [0.25, 0.3) is 22.0 Å². The van der Waals surface area contributed by atoms with Crippen LogP contribution < -0.4 is 5.73 Å². The van der Waals surface area contributed by atoms with Crippen LogP contribution in [0.1, 0.15) is 5.69 Å². The molecule has 0 aliphatic rings. The van der Waals surface area contributed by atoms with E-state index in [1.54, 1.807) is 0 Å². The number of hydrogen-bond donors (Lipinski definition) is 2. The maximum absolute atomic E-state index is 6.09. The summed E-state index contributed by atoms with van der Waals surface area (Å²) in [5, 5.41) is 1.72. The minimum Gasteiger partial charge on any atom is -0.388 e. The van der Waals surface area contributed by atoms with E-state index >= 15 is 0 Å². The Morgan fingerprint density at radius 1 is 1.11 bits per heavy atom. The van der Waals surface area contributed by atoms with Crippen LogP contribution in [0.5, 0.6) is 0 Å². The number of halogens is 1. The summed E-state index contributed by atoms with van der Waals surface area (Å²) in [6.07, 6.45) is 0. The Bertz CT molecular complexity index is 762. The maximum Gasteiger partial charge on any atom is 0.121 e. The van der Waals surface area contributed by atoms with E-state index in [1.165, 1.54) is 0 Å². The van der Waals surface area contributed by atoms with Crippen LogP contribution in [-0.2, 0) is 0 Å². The molecule has 0 saturated carbocycles. The molecule has 4 heteroatoms. The van der Waals surface area contributed by atoms with Crippen molar-refractivity contribution >= 4 is 39.7 Å². The number of fused-ring (bicyclic) bond motifs is 1. The topological polar surface area (TPSA) is 41.8 Å². The van der Waals surface area contributed by atoms with E-state index in [9.17, 15) is 0 Å². The highest BCUT2D eigenvalue weighted by Crippen LogP contribution is 2.33. The minimum absolute atomic E-state index is 0.353. The third-order valence-electron chi connectivity index (χ3n) is 3.07. The van der Waals surface area contributed by atoms with E-state index in [2.05, 4.69) is 4.98 Å². The lowest BCUT2D eigenvalue weighted by Gasteiger charge is -2.03. The van der Waals surface area contributed by atoms with Crippen molar-refractivity contribution in [1.29, 1.82) is 0 Å². The molecule has 0 atom stereocenters. The molecular formula is C15H11ClN2S. The number of H-pyrrole nitrogens is 1. The van der Waals surface area contributed by atoms with E-state index in [1.807, 2.05) is 48.5 Å². The van der Waals surface area contributed by atoms with Crippen LogP contribution in [0.15, 0.2) is 48.5 Å². The lowest BCUT2D eigenvalue weighted by molar-refractivity contribution is 1.42. The third kappa shape index (κ3) is 2.11. The van der Waals surface area contributed by atoms with Gasteiger partial charge in [0, 0.05) is 21.5 Å². The quantitative estimate of drug-likeness (QED) is 0.696. The first-order chi connectivity index (χ1) is 9.16. The first-order valence-electron chi connectivity index (χ1n) is 5.83. The normalized spacial score (nSPS) is 10.8. The Balaban J connectivity index is 2.40. The average Bonchev–Trinajstić information content (AvgIpc) is 2.78. The highest BCUT2D eigenvalue weighted by atomic mass is 35.5. The predicted octanol–water partition coefficient (Wildman–Crippen LogP) is 4.12. The minimum atomic E-state index is 0.353. The molecule has 0 spiro atoms. The average molecular weight is 287 g/mol. The second-order valence-corrected chi connectivity index (χ2v) is 5.17. The zero-order chi connectivity index (χ0) is 13.4. The number of rotatable bonds is 2. The second-order valence-electron chi connectivity index (χ2n) is 4.30. The van der Waals surface area contributed by atoms with Gasteiger partial charge in [-0.25, -0.2) is 0 Å². The van der Waals surface area contributed by atoms with Crippen LogP contribution in [-0.4, -0.2) is 9.97 Å². The molecule has 0 fully saturated rings. The van der Waals surface area contributed by atoms with Crippen molar-refractivity contribution in [3.63, 3.8) is 0 Å². The smallest absolute Gasteiger partial charge is 0.121 e. The number of hydrogen-bond acceptors (Lipinski definition) is 1. The van der Waals surface area contributed by atoms with Crippen molar-refractivity contribution in [3.05, 3.63) is 59.2 Å². The zero-order valence-electron chi connectivity index (χ0n) is 9.98. The van der Waals surface area contributed by atoms with Gasteiger partial charge in [-0.3, -0.25) is 0 Å². The van der Waals surface area contributed by atoms with Crippen molar-refractivity contribution in [2.45, 2.75) is 0 Å². The van der Waals surface area contributed by atoms with E-state index in [0.29, 0.717) is 10.0 Å². The number of nitrogens with one attached hydrogen (secondary N) is 1. The standard InChI is InChI=1S/C15H11ClN2S/c16-10-6-7-12-11(8-10)13(14(18-12)15(17)19)9-4-2-1-3-5-9/h1-8,18H,(H2,17,19). The van der Waals surface area contributed by atoms with Gasteiger partial charge in [0.15, 0.2) is 0 Å². The summed E-state index contributed by atoms with van der Waals surface area (Å²) in [7, 11) is 0. The first-order valence-corrected chi connectivity index (χ1v) is 6.62. The summed E-state index contributed by atoms with van der Waals surface area (Å²) >= 11 is 11.2. The second kappa shape index (κ2) is 4.68. The Morgan fingerprint density at radius 3 is 2.53 bits per heavy atom. The molecule has 2 nitrogen and oxygen atoms in total. The predicted molar refractivity (Wildman–Crippen MR) is 84.6 cm³/mol. The van der Waals surface area contributed by atoms with E-state index in [0.717, 1.165) is 27.7 Å². The van der Waals surface area contributed by atoms with Crippen molar-refractivity contribution in [3.8, 4) is 11.1 Å². The number of benzene rings is 2. The molecule has 0 unspecified atom stereocenters. The molecule has 0 radical (unpaired) electrons. The number of nitrogens with two attached hydrogens (primary N) is 1. The number of thiocarbonyl (C=S) groups is 1. The van der Waals surface area contributed by atoms with Gasteiger partial charge in [0.2, 0.25) is 0 Å². The summed E-state index contributed by atoms with van der Waals surface area (Å²) < 4.78 is 0. The number of aromatic nitrogens is 1. The lowest BCUT2D eigenvalue weighted by atomic mass is 10.0. The fourth-order valence-corrected chi connectivity index (χ4v) is 2.58. The molecule has 94 valence electrons. The molecule has 0 aliphatic carbocycles. The van der Waals surface area contributed by atoms with E-state index in [-0.39, 0.29) is 0 Å². The van der Waals surface area contributed by atoms with Crippen LogP contribution in [0.4, 0.5) is 0 Å². The molecule has 1 aromatic heterocycles. The summed E-state index contributed by atoms with van der Waals surface area (Å²) in [4.78, 5) is 3.62. The van der Waals surface area contributed by atoms with Gasteiger partial charge in [0.25, 0.3) is 0 Å². The van der Waals surface area contributed by atoms with Crippen LogP contribution in [0, 0.1) is 0 Å². The molecule has 0 aliphatic heterocycles. The highest BCUT2D eigenvalue weighted by molar-refractivity contribution is 7.80. The molecule has 3 rings (SSSR count). The molecule has 0 saturated heterocycles. The Kier molecular flexibility index (Phi) is 3.01. The first kappa shape index (κ1) is 12.2. The molecule has 1 heterocycles. The fourth-order valence-electron chi connectivity index (χ4n) is 2.25. The number of aromatic amines is 1. The summed E-state index contributed by atoms with van der Waals surface area (Å²) in [5.74, 6) is 0. The Hall–Kier alpha value is -1.84. The van der Waals surface area contributed by atoms with Crippen LogP contribution in [0.3, 0.4) is 0 Å². The van der Waals surface area contributed by atoms with Gasteiger partial charge in [-0.15, -0.1) is 0 Å². The fraction of sp³-hybridized carbons (Fsp3) is 0. The van der Waals surface area contributed by atoms with Gasteiger partial charge in [0.1, 0.15) is 4.99 Å². The zero-order valence-corrected chi connectivity index (χ0v) is 11.6. The van der Waals surface area contributed by atoms with Gasteiger partial charge in [-0.1, -0.05) is 54.2 Å². The largest absolute Gasteiger partial charge is 0.388 e. The van der Waals surface area contributed by atoms with Crippen molar-refractivity contribution < 1.29 is 0 Å². The monoisotopic (exact) mass is 286 g/mol. The van der Waals surface area contributed by atoms with Crippen molar-refractivity contribution in [2.24, 2.45) is 5.73 Å². The maximum atomic E-state index is 6.09.